The van der Waals surface area contributed by atoms with E-state index >= 15 is 0 Å². The second-order valence-electron chi connectivity index (χ2n) is 5.81. The maximum absolute atomic E-state index is 11.5. The SMILES string of the molecule is CC(CN1CCNC2(CCCCC2)C1)S(C)=O. The molecular weight excluding hydrogens is 232 g/mol. The lowest BCUT2D eigenvalue weighted by atomic mass is 9.80. The molecule has 1 N–H and O–H groups in total. The molecule has 0 aromatic carbocycles. The summed E-state index contributed by atoms with van der Waals surface area (Å²) in [6.07, 6.45) is 8.62. The summed E-state index contributed by atoms with van der Waals surface area (Å²) in [7, 11) is -0.691. The van der Waals surface area contributed by atoms with E-state index in [2.05, 4.69) is 17.1 Å². The van der Waals surface area contributed by atoms with Crippen LogP contribution in [0.4, 0.5) is 0 Å². The van der Waals surface area contributed by atoms with E-state index in [-0.39, 0.29) is 0 Å². The Morgan fingerprint density at radius 3 is 2.71 bits per heavy atom. The van der Waals surface area contributed by atoms with Gasteiger partial charge in [0.25, 0.3) is 0 Å². The molecule has 2 rings (SSSR count). The Kier molecular flexibility index (Phi) is 4.61. The molecule has 1 spiro atoms. The first-order valence-electron chi connectivity index (χ1n) is 6.91. The molecule has 2 atom stereocenters. The molecule has 4 heteroatoms. The molecule has 100 valence electrons. The van der Waals surface area contributed by atoms with Crippen LogP contribution in [0.5, 0.6) is 0 Å². The third-order valence-electron chi connectivity index (χ3n) is 4.35. The Hall–Kier alpha value is 0.0700. The summed E-state index contributed by atoms with van der Waals surface area (Å²) in [5.74, 6) is 0. The molecule has 1 saturated carbocycles. The zero-order valence-electron chi connectivity index (χ0n) is 11.2. The highest BCUT2D eigenvalue weighted by molar-refractivity contribution is 7.84. The summed E-state index contributed by atoms with van der Waals surface area (Å²) >= 11 is 0. The summed E-state index contributed by atoms with van der Waals surface area (Å²) in [5, 5.41) is 4.05. The molecular formula is C13H26N2OS. The van der Waals surface area contributed by atoms with Crippen molar-refractivity contribution in [3.63, 3.8) is 0 Å². The van der Waals surface area contributed by atoms with Gasteiger partial charge in [0, 0.05) is 54.0 Å². The lowest BCUT2D eigenvalue weighted by molar-refractivity contribution is 0.100. The van der Waals surface area contributed by atoms with Gasteiger partial charge in [0.15, 0.2) is 0 Å². The monoisotopic (exact) mass is 258 g/mol. The van der Waals surface area contributed by atoms with Crippen molar-refractivity contribution in [2.24, 2.45) is 0 Å². The van der Waals surface area contributed by atoms with Crippen LogP contribution in [0.2, 0.25) is 0 Å². The maximum atomic E-state index is 11.5. The van der Waals surface area contributed by atoms with Crippen LogP contribution < -0.4 is 5.32 Å². The molecule has 17 heavy (non-hydrogen) atoms. The van der Waals surface area contributed by atoms with Crippen LogP contribution in [0.3, 0.4) is 0 Å². The van der Waals surface area contributed by atoms with Gasteiger partial charge in [-0.25, -0.2) is 0 Å². The van der Waals surface area contributed by atoms with Gasteiger partial charge in [-0.1, -0.05) is 19.3 Å². The van der Waals surface area contributed by atoms with E-state index in [0.29, 0.717) is 10.8 Å². The van der Waals surface area contributed by atoms with Crippen molar-refractivity contribution in [2.45, 2.75) is 49.8 Å². The topological polar surface area (TPSA) is 32.3 Å². The predicted octanol–water partition coefficient (Wildman–Crippen LogP) is 1.36. The summed E-state index contributed by atoms with van der Waals surface area (Å²) in [5.41, 5.74) is 0.380. The number of piperazine rings is 1. The molecule has 0 aromatic heterocycles. The largest absolute Gasteiger partial charge is 0.309 e. The van der Waals surface area contributed by atoms with Crippen LogP contribution in [0.25, 0.3) is 0 Å². The minimum Gasteiger partial charge on any atom is -0.309 e. The zero-order chi connectivity index (χ0) is 12.3. The van der Waals surface area contributed by atoms with Gasteiger partial charge in [0.05, 0.1) is 0 Å². The first kappa shape index (κ1) is 13.5. The minimum atomic E-state index is -0.691. The molecule has 3 nitrogen and oxygen atoms in total. The van der Waals surface area contributed by atoms with Crippen molar-refractivity contribution in [1.29, 1.82) is 0 Å². The molecule has 2 fully saturated rings. The number of nitrogens with zero attached hydrogens (tertiary/aromatic N) is 1. The molecule has 1 heterocycles. The number of nitrogens with one attached hydrogen (secondary N) is 1. The van der Waals surface area contributed by atoms with Gasteiger partial charge in [-0.15, -0.1) is 0 Å². The van der Waals surface area contributed by atoms with Crippen molar-refractivity contribution < 1.29 is 4.21 Å². The van der Waals surface area contributed by atoms with E-state index in [0.717, 1.165) is 26.2 Å². The lowest BCUT2D eigenvalue weighted by Crippen LogP contribution is -2.61. The van der Waals surface area contributed by atoms with Crippen LogP contribution in [-0.2, 0) is 10.8 Å². The van der Waals surface area contributed by atoms with Gasteiger partial charge >= 0.3 is 0 Å². The highest BCUT2D eigenvalue weighted by Gasteiger charge is 2.36. The first-order chi connectivity index (χ1) is 8.11. The number of hydrogen-bond donors (Lipinski definition) is 1. The zero-order valence-corrected chi connectivity index (χ0v) is 12.0. The van der Waals surface area contributed by atoms with E-state index in [1.165, 1.54) is 32.1 Å². The van der Waals surface area contributed by atoms with Gasteiger partial charge in [-0.05, 0) is 19.8 Å². The normalized spacial score (nSPS) is 29.1. The summed E-state index contributed by atoms with van der Waals surface area (Å²) in [6, 6.07) is 0. The third kappa shape index (κ3) is 3.52. The predicted molar refractivity (Wildman–Crippen MR) is 73.8 cm³/mol. The average Bonchev–Trinajstić information content (AvgIpc) is 2.30. The molecule has 0 aromatic rings. The first-order valence-corrected chi connectivity index (χ1v) is 8.53. The maximum Gasteiger partial charge on any atom is 0.0444 e. The lowest BCUT2D eigenvalue weighted by Gasteiger charge is -2.46. The van der Waals surface area contributed by atoms with Gasteiger partial charge < -0.3 is 5.32 Å². The number of hydrogen-bond acceptors (Lipinski definition) is 3. The molecule has 2 unspecified atom stereocenters. The Balaban J connectivity index is 1.90. The van der Waals surface area contributed by atoms with Gasteiger partial charge in [-0.2, -0.15) is 0 Å². The Morgan fingerprint density at radius 1 is 1.35 bits per heavy atom. The Labute approximate surface area is 108 Å². The van der Waals surface area contributed by atoms with Crippen molar-refractivity contribution in [2.75, 3.05) is 32.4 Å². The van der Waals surface area contributed by atoms with E-state index < -0.39 is 10.8 Å². The van der Waals surface area contributed by atoms with E-state index in [1.807, 2.05) is 6.26 Å². The van der Waals surface area contributed by atoms with E-state index in [9.17, 15) is 4.21 Å². The molecule has 1 saturated heterocycles. The van der Waals surface area contributed by atoms with Gasteiger partial charge in [-0.3, -0.25) is 9.11 Å². The third-order valence-corrected chi connectivity index (χ3v) is 5.63. The minimum absolute atomic E-state index is 0.300. The fraction of sp³-hybridized carbons (Fsp3) is 1.00. The standard InChI is InChI=1S/C13H26N2OS/c1-12(17(2)16)10-15-9-8-14-13(11-15)6-4-3-5-7-13/h12,14H,3-11H2,1-2H3. The Bertz CT molecular complexity index is 271. The van der Waals surface area contributed by atoms with Crippen LogP contribution in [0, 0.1) is 0 Å². The molecule has 2 aliphatic rings. The van der Waals surface area contributed by atoms with Crippen LogP contribution in [0.15, 0.2) is 0 Å². The summed E-state index contributed by atoms with van der Waals surface area (Å²) in [4.78, 5) is 2.52. The van der Waals surface area contributed by atoms with Crippen molar-refractivity contribution in [1.82, 2.24) is 10.2 Å². The van der Waals surface area contributed by atoms with Gasteiger partial charge in [0.1, 0.15) is 0 Å². The van der Waals surface area contributed by atoms with Crippen LogP contribution in [0.1, 0.15) is 39.0 Å². The molecule has 1 aliphatic carbocycles. The van der Waals surface area contributed by atoms with Crippen molar-refractivity contribution >= 4 is 10.8 Å². The van der Waals surface area contributed by atoms with E-state index in [1.54, 1.807) is 0 Å². The fourth-order valence-electron chi connectivity index (χ4n) is 3.23. The summed E-state index contributed by atoms with van der Waals surface area (Å²) in [6.45, 7) is 6.47. The number of rotatable bonds is 3. The molecule has 1 aliphatic heterocycles. The summed E-state index contributed by atoms with van der Waals surface area (Å²) < 4.78 is 11.5. The highest BCUT2D eigenvalue weighted by atomic mass is 32.2. The highest BCUT2D eigenvalue weighted by Crippen LogP contribution is 2.30. The second-order valence-corrected chi connectivity index (χ2v) is 7.61. The smallest absolute Gasteiger partial charge is 0.0444 e. The Morgan fingerprint density at radius 2 is 2.06 bits per heavy atom. The van der Waals surface area contributed by atoms with Crippen molar-refractivity contribution in [3.05, 3.63) is 0 Å². The van der Waals surface area contributed by atoms with Gasteiger partial charge in [0.2, 0.25) is 0 Å². The fourth-order valence-corrected chi connectivity index (χ4v) is 3.65. The molecule has 0 radical (unpaired) electrons. The van der Waals surface area contributed by atoms with Crippen molar-refractivity contribution in [3.8, 4) is 0 Å². The molecule has 0 amide bonds. The van der Waals surface area contributed by atoms with Crippen LogP contribution in [-0.4, -0.2) is 52.3 Å². The second kappa shape index (κ2) is 5.81. The van der Waals surface area contributed by atoms with Crippen LogP contribution >= 0.6 is 0 Å². The van der Waals surface area contributed by atoms with E-state index in [4.69, 9.17) is 0 Å². The quantitative estimate of drug-likeness (QED) is 0.829. The average molecular weight is 258 g/mol. The molecule has 0 bridgehead atoms.